The molecule has 8 heteroatoms. The van der Waals surface area contributed by atoms with Gasteiger partial charge in [0.1, 0.15) is 5.82 Å². The minimum atomic E-state index is -0.500. The van der Waals surface area contributed by atoms with Gasteiger partial charge in [0, 0.05) is 21.7 Å². The summed E-state index contributed by atoms with van der Waals surface area (Å²) in [6, 6.07) is 9.19. The Balaban J connectivity index is 1.83. The zero-order chi connectivity index (χ0) is 19.8. The maximum Gasteiger partial charge on any atom is 0.305 e. The van der Waals surface area contributed by atoms with Crippen molar-refractivity contribution in [3.8, 4) is 6.07 Å². The van der Waals surface area contributed by atoms with Crippen LogP contribution in [0.15, 0.2) is 57.6 Å². The lowest BCUT2D eigenvalue weighted by atomic mass is 9.79. The van der Waals surface area contributed by atoms with Crippen LogP contribution in [0.5, 0.6) is 0 Å². The Hall–Kier alpha value is -3.31. The number of aryl methyl sites for hydroxylation is 1. The maximum atomic E-state index is 12.9. The number of thiophene rings is 1. The van der Waals surface area contributed by atoms with E-state index >= 15 is 0 Å². The van der Waals surface area contributed by atoms with Gasteiger partial charge in [0.2, 0.25) is 0 Å². The molecule has 1 aliphatic heterocycles. The number of nitrogens with one attached hydrogen (secondary N) is 1. The first-order valence-corrected chi connectivity index (χ1v) is 9.70. The zero-order valence-electron chi connectivity index (χ0n) is 15.2. The molecule has 0 fully saturated rings. The lowest BCUT2D eigenvalue weighted by Gasteiger charge is -2.38. The van der Waals surface area contributed by atoms with Gasteiger partial charge in [-0.1, -0.05) is 0 Å². The Morgan fingerprint density at radius 1 is 1.39 bits per heavy atom. The number of hydrogen-bond donors (Lipinski definition) is 2. The summed E-state index contributed by atoms with van der Waals surface area (Å²) in [6.45, 7) is 1.98. The van der Waals surface area contributed by atoms with Crippen LogP contribution in [0.1, 0.15) is 45.5 Å². The number of furan rings is 1. The molecule has 2 aromatic rings. The van der Waals surface area contributed by atoms with Crippen molar-refractivity contribution in [1.29, 1.82) is 5.26 Å². The number of hydrazine groups is 1. The minimum Gasteiger partial charge on any atom is -0.459 e. The first-order chi connectivity index (χ1) is 13.5. The van der Waals surface area contributed by atoms with Crippen molar-refractivity contribution in [2.75, 3.05) is 0 Å². The van der Waals surface area contributed by atoms with E-state index in [2.05, 4.69) is 11.5 Å². The fourth-order valence-corrected chi connectivity index (χ4v) is 4.67. The number of amides is 1. The number of Topliss-reactive ketones (excluding diaryl/α,β-unsaturated/α-hetero) is 1. The number of nitrogens with two attached hydrogens (primary N) is 1. The van der Waals surface area contributed by atoms with Crippen LogP contribution in [0.2, 0.25) is 0 Å². The fourth-order valence-electron chi connectivity index (χ4n) is 3.67. The van der Waals surface area contributed by atoms with E-state index in [-0.39, 0.29) is 22.9 Å². The predicted molar refractivity (Wildman–Crippen MR) is 103 cm³/mol. The number of carbonyl (C=O) groups is 2. The van der Waals surface area contributed by atoms with E-state index in [0.29, 0.717) is 30.5 Å². The SMILES string of the molecule is Cc1ccc(C2C(C#N)=C(N)N(NC(=O)c3ccco3)C3=C2C(=O)CCC3)s1. The molecule has 7 nitrogen and oxygen atoms in total. The molecule has 2 aromatic heterocycles. The third kappa shape index (κ3) is 2.90. The molecule has 0 saturated heterocycles. The van der Waals surface area contributed by atoms with Crippen molar-refractivity contribution in [3.63, 3.8) is 0 Å². The normalized spacial score (nSPS) is 19.5. The molecule has 3 N–H and O–H groups in total. The van der Waals surface area contributed by atoms with Crippen molar-refractivity contribution in [1.82, 2.24) is 10.4 Å². The monoisotopic (exact) mass is 394 g/mol. The molecule has 1 unspecified atom stereocenters. The molecule has 4 rings (SSSR count). The van der Waals surface area contributed by atoms with Gasteiger partial charge in [-0.2, -0.15) is 5.26 Å². The molecule has 142 valence electrons. The van der Waals surface area contributed by atoms with Crippen molar-refractivity contribution >= 4 is 23.0 Å². The van der Waals surface area contributed by atoms with Crippen molar-refractivity contribution in [2.45, 2.75) is 32.1 Å². The Bertz CT molecular complexity index is 1060. The van der Waals surface area contributed by atoms with Crippen LogP contribution in [0, 0.1) is 18.3 Å². The predicted octanol–water partition coefficient (Wildman–Crippen LogP) is 3.09. The van der Waals surface area contributed by atoms with E-state index in [1.165, 1.54) is 28.7 Å². The molecule has 0 saturated carbocycles. The van der Waals surface area contributed by atoms with Crippen LogP contribution in [0.4, 0.5) is 0 Å². The molecule has 0 spiro atoms. The molecule has 0 radical (unpaired) electrons. The Kier molecular flexibility index (Phi) is 4.53. The van der Waals surface area contributed by atoms with Crippen LogP contribution in [-0.4, -0.2) is 16.7 Å². The van der Waals surface area contributed by atoms with Crippen LogP contribution in [-0.2, 0) is 4.79 Å². The summed E-state index contributed by atoms with van der Waals surface area (Å²) in [5.41, 5.74) is 10.5. The van der Waals surface area contributed by atoms with Gasteiger partial charge in [-0.3, -0.25) is 15.0 Å². The van der Waals surface area contributed by atoms with Gasteiger partial charge in [-0.05, 0) is 44.0 Å². The summed E-state index contributed by atoms with van der Waals surface area (Å²) in [6.07, 6.45) is 3.06. The number of hydrogen-bond acceptors (Lipinski definition) is 7. The molecule has 1 amide bonds. The average Bonchev–Trinajstić information content (AvgIpc) is 3.35. The summed E-state index contributed by atoms with van der Waals surface area (Å²) in [7, 11) is 0. The number of rotatable bonds is 3. The van der Waals surface area contributed by atoms with Gasteiger partial charge in [-0.15, -0.1) is 11.3 Å². The smallest absolute Gasteiger partial charge is 0.305 e. The standard InChI is InChI=1S/C20H18N4O3S/c1-11-7-8-16(28-11)17-12(10-21)19(22)24(13-4-2-5-14(25)18(13)17)23-20(26)15-6-3-9-27-15/h3,6-9,17H,2,4-5,22H2,1H3,(H,23,26). The number of ketones is 1. The Morgan fingerprint density at radius 2 is 2.21 bits per heavy atom. The van der Waals surface area contributed by atoms with Gasteiger partial charge in [0.25, 0.3) is 0 Å². The Labute approximate surface area is 165 Å². The maximum absolute atomic E-state index is 12.9. The number of allylic oxidation sites excluding steroid dienone is 3. The molecule has 2 aliphatic rings. The highest BCUT2D eigenvalue weighted by molar-refractivity contribution is 7.12. The average molecular weight is 394 g/mol. The van der Waals surface area contributed by atoms with Crippen LogP contribution >= 0.6 is 11.3 Å². The van der Waals surface area contributed by atoms with Gasteiger partial charge < -0.3 is 10.2 Å². The summed E-state index contributed by atoms with van der Waals surface area (Å²) in [5.74, 6) is -0.767. The van der Waals surface area contributed by atoms with E-state index in [1.54, 1.807) is 6.07 Å². The topological polar surface area (TPSA) is 112 Å². The lowest BCUT2D eigenvalue weighted by Crippen LogP contribution is -2.48. The zero-order valence-corrected chi connectivity index (χ0v) is 16.0. The van der Waals surface area contributed by atoms with E-state index < -0.39 is 11.8 Å². The molecule has 0 aromatic carbocycles. The number of nitrogens with zero attached hydrogens (tertiary/aromatic N) is 2. The molecular formula is C20H18N4O3S. The van der Waals surface area contributed by atoms with Gasteiger partial charge >= 0.3 is 5.91 Å². The van der Waals surface area contributed by atoms with Crippen molar-refractivity contribution < 1.29 is 14.0 Å². The Morgan fingerprint density at radius 3 is 2.86 bits per heavy atom. The largest absolute Gasteiger partial charge is 0.459 e. The van der Waals surface area contributed by atoms with Crippen molar-refractivity contribution in [2.24, 2.45) is 5.73 Å². The van der Waals surface area contributed by atoms with E-state index in [1.807, 2.05) is 19.1 Å². The fraction of sp³-hybridized carbons (Fsp3) is 0.250. The third-order valence-electron chi connectivity index (χ3n) is 4.92. The van der Waals surface area contributed by atoms with Gasteiger partial charge in [-0.25, -0.2) is 5.01 Å². The summed E-state index contributed by atoms with van der Waals surface area (Å²) < 4.78 is 5.13. The molecule has 0 bridgehead atoms. The van der Waals surface area contributed by atoms with Crippen LogP contribution in [0.3, 0.4) is 0 Å². The molecule has 1 atom stereocenters. The second kappa shape index (κ2) is 7.02. The minimum absolute atomic E-state index is 0.0187. The lowest BCUT2D eigenvalue weighted by molar-refractivity contribution is -0.116. The molecule has 3 heterocycles. The van der Waals surface area contributed by atoms with Crippen molar-refractivity contribution in [3.05, 3.63) is 68.7 Å². The van der Waals surface area contributed by atoms with E-state index in [9.17, 15) is 14.9 Å². The third-order valence-corrected chi connectivity index (χ3v) is 5.98. The van der Waals surface area contributed by atoms with E-state index in [4.69, 9.17) is 10.2 Å². The second-order valence-corrected chi connectivity index (χ2v) is 8.00. The molecule has 28 heavy (non-hydrogen) atoms. The first kappa shape index (κ1) is 18.1. The first-order valence-electron chi connectivity index (χ1n) is 8.88. The van der Waals surface area contributed by atoms with Gasteiger partial charge in [0.15, 0.2) is 11.5 Å². The number of carbonyl (C=O) groups excluding carboxylic acids is 2. The second-order valence-electron chi connectivity index (χ2n) is 6.68. The highest BCUT2D eigenvalue weighted by Gasteiger charge is 2.41. The highest BCUT2D eigenvalue weighted by Crippen LogP contribution is 2.45. The van der Waals surface area contributed by atoms with Gasteiger partial charge in [0.05, 0.1) is 29.5 Å². The highest BCUT2D eigenvalue weighted by atomic mass is 32.1. The van der Waals surface area contributed by atoms with Crippen LogP contribution < -0.4 is 11.2 Å². The quantitative estimate of drug-likeness (QED) is 0.827. The summed E-state index contributed by atoms with van der Waals surface area (Å²) >= 11 is 1.54. The van der Waals surface area contributed by atoms with E-state index in [0.717, 1.165) is 9.75 Å². The van der Waals surface area contributed by atoms with Crippen LogP contribution in [0.25, 0.3) is 0 Å². The summed E-state index contributed by atoms with van der Waals surface area (Å²) in [5, 5.41) is 11.2. The number of nitriles is 1. The molecule has 1 aliphatic carbocycles. The summed E-state index contributed by atoms with van der Waals surface area (Å²) in [4.78, 5) is 27.4. The molecular weight excluding hydrogens is 376 g/mol.